The summed E-state index contributed by atoms with van der Waals surface area (Å²) in [5.41, 5.74) is -0.499. The number of hydrogen-bond acceptors (Lipinski definition) is 11. The number of aldehydes is 2. The number of aliphatic hydroxyl groups is 2. The van der Waals surface area contributed by atoms with Crippen LogP contribution in [0.3, 0.4) is 0 Å². The molecular weight excluding hydrogens is 688 g/mol. The van der Waals surface area contributed by atoms with Gasteiger partial charge in [-0.25, -0.2) is 0 Å². The second-order valence-electron chi connectivity index (χ2n) is 16.9. The number of fused-ring (bicyclic) bond motifs is 5. The number of nitrogens with one attached hydrogen (secondary N) is 1. The summed E-state index contributed by atoms with van der Waals surface area (Å²) in [6.45, 7) is 6.46. The van der Waals surface area contributed by atoms with Crippen LogP contribution in [0, 0.1) is 46.3 Å². The molecule has 15 nitrogen and oxygen atoms in total. The van der Waals surface area contributed by atoms with Crippen LogP contribution in [0.4, 0.5) is 0 Å². The van der Waals surface area contributed by atoms with Crippen molar-refractivity contribution in [3.63, 3.8) is 0 Å². The Hall–Kier alpha value is -2.98. The fourth-order valence-electron chi connectivity index (χ4n) is 11.2. The summed E-state index contributed by atoms with van der Waals surface area (Å²) in [5.74, 6) is -2.57. The van der Waals surface area contributed by atoms with Gasteiger partial charge in [0.2, 0.25) is 5.91 Å². The molecule has 0 aromatic rings. The summed E-state index contributed by atoms with van der Waals surface area (Å²) in [4.78, 5) is 74.5. The summed E-state index contributed by atoms with van der Waals surface area (Å²) in [6.07, 6.45) is 6.28. The maximum atomic E-state index is 13.5. The van der Waals surface area contributed by atoms with E-state index in [1.54, 1.807) is 9.80 Å². The zero-order valence-corrected chi connectivity index (χ0v) is 31.6. The van der Waals surface area contributed by atoms with Crippen LogP contribution in [0.2, 0.25) is 0 Å². The van der Waals surface area contributed by atoms with E-state index in [1.807, 2.05) is 0 Å². The Bertz CT molecular complexity index is 1290. The van der Waals surface area contributed by atoms with Gasteiger partial charge in [0.05, 0.1) is 44.9 Å². The van der Waals surface area contributed by atoms with Gasteiger partial charge in [-0.3, -0.25) is 33.9 Å². The van der Waals surface area contributed by atoms with Gasteiger partial charge < -0.3 is 40.4 Å². The number of aliphatic hydroxyl groups excluding tert-OH is 2. The molecule has 4 fully saturated rings. The first-order chi connectivity index (χ1) is 25.0. The molecule has 15 heteroatoms. The number of carbonyl (C=O) groups is 6. The van der Waals surface area contributed by atoms with Gasteiger partial charge >= 0.3 is 17.9 Å². The monoisotopic (exact) mass is 750 g/mol. The van der Waals surface area contributed by atoms with Crippen LogP contribution in [-0.2, 0) is 28.8 Å². The molecule has 0 heterocycles. The lowest BCUT2D eigenvalue weighted by atomic mass is 9.43. The summed E-state index contributed by atoms with van der Waals surface area (Å²) in [6, 6.07) is -0.131. The number of hydrogen-bond donors (Lipinski definition) is 6. The maximum Gasteiger partial charge on any atom is 0.317 e. The summed E-state index contributed by atoms with van der Waals surface area (Å²) in [7, 11) is 0. The first-order valence-electron chi connectivity index (χ1n) is 19.4. The predicted molar refractivity (Wildman–Crippen MR) is 193 cm³/mol. The lowest BCUT2D eigenvalue weighted by Crippen LogP contribution is -2.63. The topological polar surface area (TPSA) is 225 Å². The van der Waals surface area contributed by atoms with E-state index in [0.29, 0.717) is 44.8 Å². The van der Waals surface area contributed by atoms with E-state index in [0.717, 1.165) is 25.7 Å². The van der Waals surface area contributed by atoms with Crippen LogP contribution in [-0.4, -0.2) is 154 Å². The molecule has 0 aromatic heterocycles. The molecule has 0 radical (unpaired) electrons. The van der Waals surface area contributed by atoms with Gasteiger partial charge in [0.1, 0.15) is 12.6 Å². The minimum atomic E-state index is -1.17. The van der Waals surface area contributed by atoms with Crippen LogP contribution in [0.5, 0.6) is 0 Å². The van der Waals surface area contributed by atoms with Crippen molar-refractivity contribution < 1.29 is 54.3 Å². The maximum absolute atomic E-state index is 13.5. The first-order valence-corrected chi connectivity index (χ1v) is 19.4. The van der Waals surface area contributed by atoms with Gasteiger partial charge in [0, 0.05) is 38.6 Å². The lowest BCUT2D eigenvalue weighted by Gasteiger charge is -2.63. The van der Waals surface area contributed by atoms with Crippen LogP contribution in [0.1, 0.15) is 78.6 Å². The molecule has 4 saturated carbocycles. The summed E-state index contributed by atoms with van der Waals surface area (Å²) in [5, 5.41) is 54.7. The third-order valence-corrected chi connectivity index (χ3v) is 13.9. The van der Waals surface area contributed by atoms with E-state index in [4.69, 9.17) is 0 Å². The van der Waals surface area contributed by atoms with Crippen molar-refractivity contribution in [2.45, 2.75) is 96.8 Å². The third kappa shape index (κ3) is 10.2. The highest BCUT2D eigenvalue weighted by molar-refractivity contribution is 5.78. The van der Waals surface area contributed by atoms with Gasteiger partial charge in [-0.2, -0.15) is 0 Å². The highest BCUT2D eigenvalue weighted by atomic mass is 16.4. The van der Waals surface area contributed by atoms with Gasteiger partial charge in [-0.05, 0) is 97.7 Å². The minimum absolute atomic E-state index is 0.0301. The van der Waals surface area contributed by atoms with Gasteiger partial charge in [-0.15, -0.1) is 0 Å². The Morgan fingerprint density at radius 2 is 1.38 bits per heavy atom. The predicted octanol–water partition coefficient (Wildman–Crippen LogP) is 1.05. The molecule has 0 spiro atoms. The van der Waals surface area contributed by atoms with Crippen molar-refractivity contribution in [2.75, 3.05) is 58.9 Å². The molecule has 11 atom stereocenters. The molecule has 4 aliphatic carbocycles. The molecule has 300 valence electrons. The van der Waals surface area contributed by atoms with Crippen molar-refractivity contribution in [3.8, 4) is 0 Å². The Kier molecular flexibility index (Phi) is 15.0. The van der Waals surface area contributed by atoms with Crippen molar-refractivity contribution >= 4 is 36.4 Å². The number of carboxylic acid groups (broad SMARTS) is 3. The number of rotatable bonds is 21. The van der Waals surface area contributed by atoms with Crippen molar-refractivity contribution in [1.82, 2.24) is 20.0 Å². The van der Waals surface area contributed by atoms with Gasteiger partial charge in [0.25, 0.3) is 0 Å². The van der Waals surface area contributed by atoms with E-state index in [2.05, 4.69) is 26.1 Å². The van der Waals surface area contributed by atoms with Crippen molar-refractivity contribution in [2.24, 2.45) is 46.3 Å². The Morgan fingerprint density at radius 1 is 0.774 bits per heavy atom. The second kappa shape index (κ2) is 18.6. The average molecular weight is 751 g/mol. The molecular formula is C38H62N4O11. The Balaban J connectivity index is 1.41. The fraction of sp³-hybridized carbons (Fsp3) is 0.842. The van der Waals surface area contributed by atoms with Gasteiger partial charge in [0.15, 0.2) is 0 Å². The highest BCUT2D eigenvalue weighted by Gasteiger charge is 2.65. The fourth-order valence-corrected chi connectivity index (χ4v) is 11.2. The molecule has 1 amide bonds. The van der Waals surface area contributed by atoms with Crippen molar-refractivity contribution in [1.29, 1.82) is 0 Å². The second-order valence-corrected chi connectivity index (χ2v) is 16.9. The number of aliphatic carboxylic acids is 3. The molecule has 0 saturated heterocycles. The number of nitrogens with zero attached hydrogens (tertiary/aromatic N) is 3. The van der Waals surface area contributed by atoms with E-state index >= 15 is 0 Å². The Labute approximate surface area is 312 Å². The zero-order chi connectivity index (χ0) is 39.1. The first kappa shape index (κ1) is 42.8. The quantitative estimate of drug-likeness (QED) is 0.0903. The van der Waals surface area contributed by atoms with E-state index in [1.165, 1.54) is 4.90 Å². The van der Waals surface area contributed by atoms with E-state index in [9.17, 15) is 54.3 Å². The van der Waals surface area contributed by atoms with Crippen molar-refractivity contribution in [3.05, 3.63) is 0 Å². The molecule has 53 heavy (non-hydrogen) atoms. The normalized spacial score (nSPS) is 34.2. The Morgan fingerprint density at radius 3 is 1.96 bits per heavy atom. The summed E-state index contributed by atoms with van der Waals surface area (Å²) < 4.78 is 0. The van der Waals surface area contributed by atoms with Crippen LogP contribution < -0.4 is 5.32 Å². The van der Waals surface area contributed by atoms with Crippen LogP contribution >= 0.6 is 0 Å². The third-order valence-electron chi connectivity index (χ3n) is 13.9. The largest absolute Gasteiger partial charge is 0.481 e. The molecule has 4 aliphatic rings. The SMILES string of the molecule is CC(CCC(=O)O)[C@H]1CCC2C3C(C[C@H](O)[C@@]21C)[C@@]1(C)CC[C@H](NC(=O)CN(CCN(CC=O)CC=O)CCN(CC(=O)O)CC(=O)O)C[C@H]1C[C@H]3O. The minimum Gasteiger partial charge on any atom is -0.481 e. The smallest absolute Gasteiger partial charge is 0.317 e. The van der Waals surface area contributed by atoms with Gasteiger partial charge in [-0.1, -0.05) is 20.8 Å². The summed E-state index contributed by atoms with van der Waals surface area (Å²) >= 11 is 0. The molecule has 4 rings (SSSR count). The van der Waals surface area contributed by atoms with E-state index < -0.39 is 43.2 Å². The number of carboxylic acids is 3. The van der Waals surface area contributed by atoms with E-state index in [-0.39, 0.29) is 104 Å². The van der Waals surface area contributed by atoms with Crippen LogP contribution in [0.25, 0.3) is 0 Å². The molecule has 4 unspecified atom stereocenters. The standard InChI is InChI=1S/C38H62N4O11/c1-24(4-7-33(48)49)27-5-6-28-36-29(20-31(46)38(27,28)3)37(2)9-8-26(18-25(37)19-30(36)45)39-32(47)21-41(11-10-40(14-16-43)15-17-44)12-13-42(22-34(50)51)23-35(52)53/h16-17,24-31,36,45-46H,4-15,18-23H2,1-3H3,(H,39,47)(H,48,49)(H,50,51)(H,52,53)/t24?,25-,26-,27+,28?,29?,30+,31-,36?,37-,38+/m0/s1. The van der Waals surface area contributed by atoms with Crippen LogP contribution in [0.15, 0.2) is 0 Å². The lowest BCUT2D eigenvalue weighted by molar-refractivity contribution is -0.202. The average Bonchev–Trinajstić information content (AvgIpc) is 3.43. The zero-order valence-electron chi connectivity index (χ0n) is 31.6. The molecule has 0 aromatic carbocycles. The molecule has 0 aliphatic heterocycles. The number of amides is 1. The highest BCUT2D eigenvalue weighted by Crippen LogP contribution is 2.68. The number of carbonyl (C=O) groups excluding carboxylic acids is 3. The molecule has 0 bridgehead atoms. The molecule has 6 N–H and O–H groups in total.